The number of imidazole rings is 1. The topological polar surface area (TPSA) is 118 Å². The standard InChI is InChI=1S/C14H17N5O4/c1-13-3-14(4-21-2)8(13)7(22-13)11(23-14)19-5-16-6-9(19)17-12(15)18-10(6)20/h5,7-8,11H,3-4H2,1-2H3,(H3,15,17,18,20)/p+1. The molecular weight excluding hydrogens is 302 g/mol. The normalized spacial score (nSPS) is 43.3. The number of quaternary nitrogens is 1. The SMILES string of the molecule is COCC12CC3(C)OC(C(n4cnc5c4N=C(N)[NH2+]C5=O)O1)C32. The molecule has 9 heteroatoms. The maximum atomic E-state index is 12.0. The van der Waals surface area contributed by atoms with Crippen molar-refractivity contribution in [1.29, 1.82) is 0 Å². The van der Waals surface area contributed by atoms with Crippen LogP contribution < -0.4 is 11.1 Å². The molecule has 5 unspecified atom stereocenters. The Balaban J connectivity index is 1.55. The molecule has 1 amide bonds. The molecule has 0 aromatic carbocycles. The van der Waals surface area contributed by atoms with Crippen molar-refractivity contribution in [1.82, 2.24) is 9.55 Å². The number of nitrogens with two attached hydrogens (primary N) is 2. The van der Waals surface area contributed by atoms with Crippen LogP contribution >= 0.6 is 0 Å². The van der Waals surface area contributed by atoms with E-state index in [0.29, 0.717) is 18.1 Å². The zero-order valence-corrected chi connectivity index (χ0v) is 12.9. The first-order chi connectivity index (χ1) is 11.0. The Morgan fingerprint density at radius 2 is 2.39 bits per heavy atom. The van der Waals surface area contributed by atoms with E-state index in [1.807, 2.05) is 0 Å². The van der Waals surface area contributed by atoms with Gasteiger partial charge in [-0.15, -0.1) is 0 Å². The number of carbonyl (C=O) groups is 1. The molecule has 5 rings (SSSR count). The first-order valence-corrected chi connectivity index (χ1v) is 7.62. The van der Waals surface area contributed by atoms with Crippen molar-refractivity contribution in [2.24, 2.45) is 16.6 Å². The number of aliphatic imine (C=N–C) groups is 1. The van der Waals surface area contributed by atoms with Gasteiger partial charge in [0.15, 0.2) is 12.0 Å². The van der Waals surface area contributed by atoms with Gasteiger partial charge in [-0.25, -0.2) is 15.1 Å². The number of ether oxygens (including phenoxy) is 3. The Morgan fingerprint density at radius 1 is 1.57 bits per heavy atom. The van der Waals surface area contributed by atoms with Gasteiger partial charge in [0.1, 0.15) is 11.7 Å². The summed E-state index contributed by atoms with van der Waals surface area (Å²) >= 11 is 0. The summed E-state index contributed by atoms with van der Waals surface area (Å²) in [6.07, 6.45) is 1.93. The largest absolute Gasteiger partial charge is 0.382 e. The van der Waals surface area contributed by atoms with Crippen LogP contribution in [-0.2, 0) is 14.2 Å². The number of hydrogen-bond acceptors (Lipinski definition) is 7. The molecular formula is C14H18N5O4+. The summed E-state index contributed by atoms with van der Waals surface area (Å²) in [6, 6.07) is 0. The number of amides is 1. The van der Waals surface area contributed by atoms with Crippen LogP contribution in [0.2, 0.25) is 0 Å². The van der Waals surface area contributed by atoms with Gasteiger partial charge in [-0.05, 0) is 6.92 Å². The highest BCUT2D eigenvalue weighted by Gasteiger charge is 2.79. The van der Waals surface area contributed by atoms with Gasteiger partial charge in [0.05, 0.1) is 24.5 Å². The Labute approximate surface area is 131 Å². The first-order valence-electron chi connectivity index (χ1n) is 7.62. The summed E-state index contributed by atoms with van der Waals surface area (Å²) in [5.74, 6) is 0.658. The van der Waals surface area contributed by atoms with Crippen LogP contribution in [0.4, 0.5) is 5.82 Å². The smallest absolute Gasteiger partial charge is 0.372 e. The van der Waals surface area contributed by atoms with Gasteiger partial charge < -0.3 is 19.9 Å². The molecule has 122 valence electrons. The summed E-state index contributed by atoms with van der Waals surface area (Å²) in [5.41, 5.74) is 5.55. The molecule has 1 saturated carbocycles. The highest BCUT2D eigenvalue weighted by molar-refractivity contribution is 5.98. The summed E-state index contributed by atoms with van der Waals surface area (Å²) in [5, 5.41) is 1.28. The van der Waals surface area contributed by atoms with Crippen LogP contribution in [0.5, 0.6) is 0 Å². The Hall–Kier alpha value is -1.81. The van der Waals surface area contributed by atoms with Gasteiger partial charge in [0.2, 0.25) is 5.69 Å². The summed E-state index contributed by atoms with van der Waals surface area (Å²) < 4.78 is 19.5. The quantitative estimate of drug-likeness (QED) is 0.710. The van der Waals surface area contributed by atoms with E-state index in [1.54, 1.807) is 18.0 Å². The molecule has 9 nitrogen and oxygen atoms in total. The van der Waals surface area contributed by atoms with Crippen LogP contribution in [0.1, 0.15) is 30.1 Å². The minimum absolute atomic E-state index is 0.0837. The summed E-state index contributed by atoms with van der Waals surface area (Å²) in [7, 11) is 1.67. The predicted octanol–water partition coefficient (Wildman–Crippen LogP) is -1.36. The number of nitrogens with zero attached hydrogens (tertiary/aromatic N) is 3. The number of rotatable bonds is 3. The molecule has 2 saturated heterocycles. The van der Waals surface area contributed by atoms with Crippen LogP contribution in [0, 0.1) is 5.92 Å². The van der Waals surface area contributed by atoms with Crippen molar-refractivity contribution in [2.45, 2.75) is 36.9 Å². The predicted molar refractivity (Wildman–Crippen MR) is 75.9 cm³/mol. The minimum Gasteiger partial charge on any atom is -0.382 e. The van der Waals surface area contributed by atoms with Crippen molar-refractivity contribution in [3.05, 3.63) is 12.0 Å². The number of aromatic nitrogens is 2. The Bertz CT molecular complexity index is 760. The first kappa shape index (κ1) is 13.6. The fraction of sp³-hybridized carbons (Fsp3) is 0.643. The fourth-order valence-electron chi connectivity index (χ4n) is 4.77. The van der Waals surface area contributed by atoms with Crippen LogP contribution in [0.15, 0.2) is 11.3 Å². The van der Waals surface area contributed by atoms with Crippen molar-refractivity contribution in [3.8, 4) is 0 Å². The number of hydrogen-bond donors (Lipinski definition) is 2. The second-order valence-electron chi connectivity index (χ2n) is 6.93. The highest BCUT2D eigenvalue weighted by atomic mass is 16.6. The molecule has 1 aliphatic carbocycles. The maximum absolute atomic E-state index is 12.0. The molecule has 3 aliphatic heterocycles. The lowest BCUT2D eigenvalue weighted by Gasteiger charge is -2.64. The van der Waals surface area contributed by atoms with Gasteiger partial charge >= 0.3 is 11.9 Å². The number of primary amides is 1. The second kappa shape index (κ2) is 3.99. The molecule has 1 aromatic rings. The molecule has 0 spiro atoms. The van der Waals surface area contributed by atoms with Crippen LogP contribution in [0.25, 0.3) is 0 Å². The van der Waals surface area contributed by atoms with Crippen molar-refractivity contribution in [2.75, 3.05) is 13.7 Å². The minimum atomic E-state index is -0.371. The van der Waals surface area contributed by atoms with Crippen LogP contribution in [-0.4, -0.2) is 52.4 Å². The molecule has 4 heterocycles. The van der Waals surface area contributed by atoms with E-state index >= 15 is 0 Å². The third-order valence-electron chi connectivity index (χ3n) is 5.42. The van der Waals surface area contributed by atoms with Crippen molar-refractivity contribution in [3.63, 3.8) is 0 Å². The van der Waals surface area contributed by atoms with E-state index < -0.39 is 0 Å². The lowest BCUT2D eigenvalue weighted by Crippen LogP contribution is -2.94. The zero-order chi connectivity index (χ0) is 16.0. The summed E-state index contributed by atoms with van der Waals surface area (Å²) in [4.78, 5) is 20.4. The average Bonchev–Trinajstić information content (AvgIpc) is 2.91. The Morgan fingerprint density at radius 3 is 3.13 bits per heavy atom. The fourth-order valence-corrected chi connectivity index (χ4v) is 4.77. The lowest BCUT2D eigenvalue weighted by atomic mass is 9.54. The molecule has 23 heavy (non-hydrogen) atoms. The lowest BCUT2D eigenvalue weighted by molar-refractivity contribution is -0.433. The molecule has 1 aromatic heterocycles. The van der Waals surface area contributed by atoms with E-state index in [-0.39, 0.29) is 41.3 Å². The average molecular weight is 320 g/mol. The third kappa shape index (κ3) is 1.48. The summed E-state index contributed by atoms with van der Waals surface area (Å²) in [6.45, 7) is 2.63. The van der Waals surface area contributed by atoms with E-state index in [1.165, 1.54) is 5.32 Å². The van der Waals surface area contributed by atoms with E-state index in [0.717, 1.165) is 6.42 Å². The van der Waals surface area contributed by atoms with E-state index in [9.17, 15) is 4.79 Å². The molecule has 4 aliphatic rings. The Kier molecular flexibility index (Phi) is 2.36. The van der Waals surface area contributed by atoms with Crippen LogP contribution in [0.3, 0.4) is 0 Å². The second-order valence-corrected chi connectivity index (χ2v) is 6.93. The van der Waals surface area contributed by atoms with Gasteiger partial charge in [0.25, 0.3) is 0 Å². The van der Waals surface area contributed by atoms with Crippen molar-refractivity contribution < 1.29 is 24.3 Å². The number of fused-ring (bicyclic) bond motifs is 1. The van der Waals surface area contributed by atoms with Crippen molar-refractivity contribution >= 4 is 17.7 Å². The van der Waals surface area contributed by atoms with Gasteiger partial charge in [-0.1, -0.05) is 0 Å². The highest BCUT2D eigenvalue weighted by Crippen LogP contribution is 2.69. The number of methoxy groups -OCH3 is 1. The van der Waals surface area contributed by atoms with E-state index in [4.69, 9.17) is 19.9 Å². The monoisotopic (exact) mass is 320 g/mol. The molecule has 0 bridgehead atoms. The molecule has 3 fully saturated rings. The van der Waals surface area contributed by atoms with Gasteiger partial charge in [-0.2, -0.15) is 4.99 Å². The van der Waals surface area contributed by atoms with E-state index in [2.05, 4.69) is 16.9 Å². The maximum Gasteiger partial charge on any atom is 0.372 e. The number of guanidine groups is 1. The molecule has 0 radical (unpaired) electrons. The number of carbonyl (C=O) groups excluding carboxylic acids is 1. The van der Waals surface area contributed by atoms with Gasteiger partial charge in [-0.3, -0.25) is 4.57 Å². The molecule has 5 atom stereocenters. The molecule has 4 N–H and O–H groups in total. The third-order valence-corrected chi connectivity index (χ3v) is 5.42. The van der Waals surface area contributed by atoms with Gasteiger partial charge in [0, 0.05) is 13.5 Å². The zero-order valence-electron chi connectivity index (χ0n) is 12.9.